The quantitative estimate of drug-likeness (QED) is 0.387. The Balaban J connectivity index is 1.93. The average molecular weight is 503 g/mol. The number of benzene rings is 2. The van der Waals surface area contributed by atoms with Crippen LogP contribution in [0, 0.1) is 0 Å². The van der Waals surface area contributed by atoms with Crippen LogP contribution >= 0.6 is 0 Å². The van der Waals surface area contributed by atoms with E-state index in [0.29, 0.717) is 27.6 Å². The maximum absolute atomic E-state index is 13.1. The van der Waals surface area contributed by atoms with Crippen molar-refractivity contribution in [3.63, 3.8) is 0 Å². The van der Waals surface area contributed by atoms with Gasteiger partial charge in [-0.1, -0.05) is 12.1 Å². The number of aromatic nitrogens is 1. The van der Waals surface area contributed by atoms with E-state index in [1.54, 1.807) is 57.2 Å². The first-order valence-corrected chi connectivity index (χ1v) is 11.5. The molecule has 0 aliphatic heterocycles. The first kappa shape index (κ1) is 27.0. The molecule has 0 saturated carbocycles. The lowest BCUT2D eigenvalue weighted by atomic mass is 9.87. The summed E-state index contributed by atoms with van der Waals surface area (Å²) in [5.41, 5.74) is 1.42. The molecule has 1 heterocycles. The molecule has 3 rings (SSSR count). The van der Waals surface area contributed by atoms with E-state index in [1.807, 2.05) is 0 Å². The Hall–Kier alpha value is -3.62. The number of carboxylic acid groups (broad SMARTS) is 1. The number of rotatable bonds is 8. The van der Waals surface area contributed by atoms with Crippen molar-refractivity contribution in [3.05, 3.63) is 71.4 Å². The molecule has 0 bridgehead atoms. The molecule has 192 valence electrons. The smallest absolute Gasteiger partial charge is 0.389 e. The molecule has 0 unspecified atom stereocenters. The first-order valence-electron chi connectivity index (χ1n) is 11.5. The van der Waals surface area contributed by atoms with Gasteiger partial charge < -0.3 is 15.1 Å². The van der Waals surface area contributed by atoms with Crippen LogP contribution in [0.15, 0.2) is 54.7 Å². The van der Waals surface area contributed by atoms with Crippen molar-refractivity contribution in [2.24, 2.45) is 0 Å². The third-order valence-electron chi connectivity index (χ3n) is 5.97. The third-order valence-corrected chi connectivity index (χ3v) is 5.97. The predicted octanol–water partition coefficient (Wildman–Crippen LogP) is 6.13. The summed E-state index contributed by atoms with van der Waals surface area (Å²) in [5, 5.41) is 19.4. The maximum Gasteiger partial charge on any atom is 0.389 e. The Morgan fingerprint density at radius 2 is 1.67 bits per heavy atom. The lowest BCUT2D eigenvalue weighted by Crippen LogP contribution is -2.46. The number of hydrogen-bond acceptors (Lipinski definition) is 4. The normalized spacial score (nSPS) is 12.9. The molecule has 1 aromatic heterocycles. The number of hydrogen-bond donors (Lipinski definition) is 2. The van der Waals surface area contributed by atoms with Gasteiger partial charge >= 0.3 is 12.1 Å². The highest BCUT2D eigenvalue weighted by Crippen LogP contribution is 2.35. The Morgan fingerprint density at radius 3 is 2.25 bits per heavy atom. The van der Waals surface area contributed by atoms with Gasteiger partial charge in [-0.2, -0.15) is 13.2 Å². The molecule has 36 heavy (non-hydrogen) atoms. The summed E-state index contributed by atoms with van der Waals surface area (Å²) in [5.74, 6) is -1.94. The molecule has 2 aromatic carbocycles. The van der Waals surface area contributed by atoms with Crippen molar-refractivity contribution >= 4 is 22.8 Å². The van der Waals surface area contributed by atoms with Crippen LogP contribution in [-0.4, -0.2) is 50.2 Å². The fraction of sp³-hybridized carbons (Fsp3) is 0.370. The zero-order valence-electron chi connectivity index (χ0n) is 20.3. The van der Waals surface area contributed by atoms with Gasteiger partial charge in [-0.05, 0) is 68.7 Å². The third kappa shape index (κ3) is 6.96. The molecule has 0 spiro atoms. The van der Waals surface area contributed by atoms with Gasteiger partial charge in [0.25, 0.3) is 5.91 Å². The minimum atomic E-state index is -4.33. The molecule has 9 heteroatoms. The highest BCUT2D eigenvalue weighted by molar-refractivity contribution is 5.95. The number of phenolic OH excluding ortho intramolecular Hbond substituents is 1. The highest BCUT2D eigenvalue weighted by Gasteiger charge is 2.30. The largest absolute Gasteiger partial charge is 0.508 e. The summed E-state index contributed by atoms with van der Waals surface area (Å²) < 4.78 is 39.3. The second-order valence-electron chi connectivity index (χ2n) is 9.75. The second kappa shape index (κ2) is 10.6. The molecule has 2 N–H and O–H groups in total. The van der Waals surface area contributed by atoms with Crippen molar-refractivity contribution in [2.45, 2.75) is 57.7 Å². The van der Waals surface area contributed by atoms with E-state index in [9.17, 15) is 27.9 Å². The van der Waals surface area contributed by atoms with Crippen LogP contribution in [-0.2, 0) is 4.79 Å². The van der Waals surface area contributed by atoms with Gasteiger partial charge in [-0.15, -0.1) is 0 Å². The molecule has 1 amide bonds. The molecule has 0 saturated heterocycles. The van der Waals surface area contributed by atoms with Crippen molar-refractivity contribution in [1.82, 2.24) is 9.88 Å². The lowest BCUT2D eigenvalue weighted by Gasteiger charge is -2.35. The average Bonchev–Trinajstić information content (AvgIpc) is 2.77. The van der Waals surface area contributed by atoms with Crippen molar-refractivity contribution < 1.29 is 33.0 Å². The predicted molar refractivity (Wildman–Crippen MR) is 130 cm³/mol. The SMILES string of the molecule is CC(C)(C)N(CCC(=O)O)C(=O)c1ccc([C@@H](CCC(F)(F)F)c2cnc3cc(O)ccc3c2)cc1. The van der Waals surface area contributed by atoms with Crippen molar-refractivity contribution in [1.29, 1.82) is 0 Å². The Morgan fingerprint density at radius 1 is 1.00 bits per heavy atom. The van der Waals surface area contributed by atoms with Gasteiger partial charge in [0.15, 0.2) is 0 Å². The van der Waals surface area contributed by atoms with Crippen LogP contribution in [0.4, 0.5) is 13.2 Å². The number of pyridine rings is 1. The molecule has 3 aromatic rings. The molecule has 0 radical (unpaired) electrons. The van der Waals surface area contributed by atoms with Gasteiger partial charge in [-0.3, -0.25) is 14.6 Å². The standard InChI is InChI=1S/C27H29F3N2O4/c1-26(2,3)32(13-11-24(34)35)25(36)18-6-4-17(5-7-18)22(10-12-27(28,29)30)20-14-19-8-9-21(33)15-23(19)31-16-20/h4-9,14-16,22,33H,10-13H2,1-3H3,(H,34,35)/t22-/m1/s1. The number of carbonyl (C=O) groups is 2. The molecular weight excluding hydrogens is 473 g/mol. The van der Waals surface area contributed by atoms with E-state index in [2.05, 4.69) is 4.98 Å². The van der Waals surface area contributed by atoms with Crippen LogP contribution in [0.1, 0.15) is 67.4 Å². The number of carboxylic acids is 1. The van der Waals surface area contributed by atoms with Gasteiger partial charge in [0.05, 0.1) is 11.9 Å². The number of fused-ring (bicyclic) bond motifs is 1. The van der Waals surface area contributed by atoms with Crippen LogP contribution in [0.5, 0.6) is 5.75 Å². The van der Waals surface area contributed by atoms with E-state index >= 15 is 0 Å². The van der Waals surface area contributed by atoms with Crippen LogP contribution in [0.2, 0.25) is 0 Å². The van der Waals surface area contributed by atoms with E-state index in [0.717, 1.165) is 0 Å². The Kier molecular flexibility index (Phi) is 7.91. The van der Waals surface area contributed by atoms with Crippen LogP contribution in [0.3, 0.4) is 0 Å². The van der Waals surface area contributed by atoms with E-state index < -0.39 is 30.0 Å². The Bertz CT molecular complexity index is 1230. The monoisotopic (exact) mass is 502 g/mol. The van der Waals surface area contributed by atoms with Gasteiger partial charge in [-0.25, -0.2) is 0 Å². The van der Waals surface area contributed by atoms with E-state index in [4.69, 9.17) is 5.11 Å². The van der Waals surface area contributed by atoms with Crippen LogP contribution in [0.25, 0.3) is 10.9 Å². The lowest BCUT2D eigenvalue weighted by molar-refractivity contribution is -0.137. The first-order chi connectivity index (χ1) is 16.7. The fourth-order valence-electron chi connectivity index (χ4n) is 4.11. The molecule has 1 atom stereocenters. The number of phenols is 1. The Labute approximate surface area is 207 Å². The van der Waals surface area contributed by atoms with Gasteiger partial charge in [0, 0.05) is 47.6 Å². The zero-order chi connectivity index (χ0) is 26.7. The maximum atomic E-state index is 13.1. The number of amides is 1. The molecule has 0 aliphatic rings. The van der Waals surface area contributed by atoms with Crippen molar-refractivity contribution in [3.8, 4) is 5.75 Å². The summed E-state index contributed by atoms with van der Waals surface area (Å²) in [6.45, 7) is 5.45. The molecular formula is C27H29F3N2O4. The molecule has 6 nitrogen and oxygen atoms in total. The summed E-state index contributed by atoms with van der Waals surface area (Å²) in [6.07, 6.45) is -4.21. The molecule has 0 aliphatic carbocycles. The van der Waals surface area contributed by atoms with E-state index in [-0.39, 0.29) is 31.0 Å². The van der Waals surface area contributed by atoms with Crippen molar-refractivity contribution in [2.75, 3.05) is 6.54 Å². The highest BCUT2D eigenvalue weighted by atomic mass is 19.4. The van der Waals surface area contributed by atoms with E-state index in [1.165, 1.54) is 23.2 Å². The van der Waals surface area contributed by atoms with Gasteiger partial charge in [0.2, 0.25) is 0 Å². The van der Waals surface area contributed by atoms with Gasteiger partial charge in [0.1, 0.15) is 5.75 Å². The summed E-state index contributed by atoms with van der Waals surface area (Å²) in [7, 11) is 0. The topological polar surface area (TPSA) is 90.7 Å². The number of halogens is 3. The number of carbonyl (C=O) groups excluding carboxylic acids is 1. The van der Waals surface area contributed by atoms with Crippen LogP contribution < -0.4 is 0 Å². The minimum absolute atomic E-state index is 0.0337. The second-order valence-corrected chi connectivity index (χ2v) is 9.75. The fourth-order valence-corrected chi connectivity index (χ4v) is 4.11. The minimum Gasteiger partial charge on any atom is -0.508 e. The zero-order valence-corrected chi connectivity index (χ0v) is 20.3. The number of aromatic hydroxyl groups is 1. The summed E-state index contributed by atoms with van der Waals surface area (Å²) in [4.78, 5) is 30.0. The number of aliphatic carboxylic acids is 1. The summed E-state index contributed by atoms with van der Waals surface area (Å²) >= 11 is 0. The molecule has 0 fully saturated rings. The summed E-state index contributed by atoms with van der Waals surface area (Å²) in [6, 6.07) is 12.8. The number of alkyl halides is 3. The number of nitrogens with zero attached hydrogens (tertiary/aromatic N) is 2.